The molecule has 1 unspecified atom stereocenters. The highest BCUT2D eigenvalue weighted by Crippen LogP contribution is 2.32. The van der Waals surface area contributed by atoms with E-state index in [2.05, 4.69) is 30.7 Å². The van der Waals surface area contributed by atoms with E-state index in [9.17, 15) is 0 Å². The Morgan fingerprint density at radius 3 is 2.80 bits per heavy atom. The average Bonchev–Trinajstić information content (AvgIpc) is 2.58. The average molecular weight is 212 g/mol. The number of piperazine rings is 1. The first-order valence-electron chi connectivity index (χ1n) is 6.18. The van der Waals surface area contributed by atoms with Crippen molar-refractivity contribution < 1.29 is 4.74 Å². The van der Waals surface area contributed by atoms with Crippen molar-refractivity contribution in [1.29, 1.82) is 0 Å². The molecule has 0 radical (unpaired) electrons. The molecule has 0 spiro atoms. The summed E-state index contributed by atoms with van der Waals surface area (Å²) in [5, 5.41) is 0. The van der Waals surface area contributed by atoms with E-state index in [1.165, 1.54) is 39.0 Å². The lowest BCUT2D eigenvalue weighted by Gasteiger charge is -2.46. The van der Waals surface area contributed by atoms with Crippen LogP contribution in [0.25, 0.3) is 0 Å². The topological polar surface area (TPSA) is 15.7 Å². The van der Waals surface area contributed by atoms with E-state index in [0.29, 0.717) is 11.6 Å². The van der Waals surface area contributed by atoms with Gasteiger partial charge in [-0.2, -0.15) is 0 Å². The van der Waals surface area contributed by atoms with E-state index in [0.717, 1.165) is 6.61 Å². The molecule has 0 amide bonds. The van der Waals surface area contributed by atoms with Crippen LogP contribution in [0.1, 0.15) is 26.7 Å². The van der Waals surface area contributed by atoms with Gasteiger partial charge < -0.3 is 9.64 Å². The van der Waals surface area contributed by atoms with Gasteiger partial charge in [-0.1, -0.05) is 0 Å². The van der Waals surface area contributed by atoms with E-state index >= 15 is 0 Å². The van der Waals surface area contributed by atoms with Crippen LogP contribution in [0.3, 0.4) is 0 Å². The minimum absolute atomic E-state index is 0.331. The standard InChI is InChI=1S/C12H24N2O/c1-11(2)15-10-12-5-4-6-14(12)8-7-13(3)9-12/h11H,4-10H2,1-3H3. The Hall–Kier alpha value is -0.120. The fraction of sp³-hybridized carbons (Fsp3) is 1.00. The zero-order valence-electron chi connectivity index (χ0n) is 10.3. The van der Waals surface area contributed by atoms with Crippen molar-refractivity contribution in [2.24, 2.45) is 0 Å². The van der Waals surface area contributed by atoms with Crippen molar-refractivity contribution in [2.45, 2.75) is 38.3 Å². The Kier molecular flexibility index (Phi) is 3.33. The van der Waals surface area contributed by atoms with Gasteiger partial charge in [0.15, 0.2) is 0 Å². The van der Waals surface area contributed by atoms with Gasteiger partial charge in [-0.25, -0.2) is 0 Å². The van der Waals surface area contributed by atoms with Gasteiger partial charge in [0.2, 0.25) is 0 Å². The third kappa shape index (κ3) is 2.35. The summed E-state index contributed by atoms with van der Waals surface area (Å²) in [4.78, 5) is 5.10. The molecule has 0 N–H and O–H groups in total. The first-order valence-corrected chi connectivity index (χ1v) is 6.18. The number of fused-ring (bicyclic) bond motifs is 1. The van der Waals surface area contributed by atoms with Crippen LogP contribution in [-0.4, -0.2) is 61.3 Å². The number of likely N-dealkylation sites (N-methyl/N-ethyl adjacent to an activating group) is 1. The van der Waals surface area contributed by atoms with E-state index in [1.54, 1.807) is 0 Å². The fourth-order valence-electron chi connectivity index (χ4n) is 2.93. The van der Waals surface area contributed by atoms with Gasteiger partial charge in [-0.15, -0.1) is 0 Å². The van der Waals surface area contributed by atoms with Gasteiger partial charge in [0.05, 0.1) is 18.2 Å². The van der Waals surface area contributed by atoms with Crippen molar-refractivity contribution in [2.75, 3.05) is 39.8 Å². The van der Waals surface area contributed by atoms with E-state index in [4.69, 9.17) is 4.74 Å². The maximum Gasteiger partial charge on any atom is 0.0666 e. The minimum atomic E-state index is 0.331. The zero-order valence-corrected chi connectivity index (χ0v) is 10.3. The summed E-state index contributed by atoms with van der Waals surface area (Å²) in [6.45, 7) is 10.1. The maximum atomic E-state index is 5.87. The van der Waals surface area contributed by atoms with Crippen LogP contribution in [-0.2, 0) is 4.74 Å². The largest absolute Gasteiger partial charge is 0.377 e. The molecule has 15 heavy (non-hydrogen) atoms. The summed E-state index contributed by atoms with van der Waals surface area (Å²) in [6, 6.07) is 0. The summed E-state index contributed by atoms with van der Waals surface area (Å²) in [7, 11) is 2.23. The third-order valence-corrected chi connectivity index (χ3v) is 3.74. The molecule has 0 aromatic heterocycles. The molecular formula is C12H24N2O. The third-order valence-electron chi connectivity index (χ3n) is 3.74. The van der Waals surface area contributed by atoms with Gasteiger partial charge in [0.1, 0.15) is 0 Å². The van der Waals surface area contributed by atoms with Crippen molar-refractivity contribution in [3.8, 4) is 0 Å². The SMILES string of the molecule is CC(C)OCC12CCCN1CCN(C)C2. The normalized spacial score (nSPS) is 33.6. The van der Waals surface area contributed by atoms with Crippen LogP contribution in [0.2, 0.25) is 0 Å². The summed E-state index contributed by atoms with van der Waals surface area (Å²) in [6.07, 6.45) is 3.01. The second-order valence-corrected chi connectivity index (χ2v) is 5.41. The molecule has 2 rings (SSSR count). The highest BCUT2D eigenvalue weighted by molar-refractivity contribution is 5.00. The molecule has 3 heteroatoms. The van der Waals surface area contributed by atoms with Crippen LogP contribution in [0.4, 0.5) is 0 Å². The van der Waals surface area contributed by atoms with Crippen LogP contribution < -0.4 is 0 Å². The molecule has 0 aromatic carbocycles. The smallest absolute Gasteiger partial charge is 0.0666 e. The lowest BCUT2D eigenvalue weighted by atomic mass is 9.94. The van der Waals surface area contributed by atoms with Crippen LogP contribution in [0, 0.1) is 0 Å². The molecular weight excluding hydrogens is 188 g/mol. The Morgan fingerprint density at radius 2 is 2.07 bits per heavy atom. The van der Waals surface area contributed by atoms with Gasteiger partial charge in [0.25, 0.3) is 0 Å². The molecule has 2 aliphatic rings. The molecule has 2 saturated heterocycles. The van der Waals surface area contributed by atoms with Gasteiger partial charge in [0, 0.05) is 19.6 Å². The molecule has 0 aliphatic carbocycles. The lowest BCUT2D eigenvalue weighted by Crippen LogP contribution is -2.60. The predicted octanol–water partition coefficient (Wildman–Crippen LogP) is 1.19. The van der Waals surface area contributed by atoms with Gasteiger partial charge in [-0.3, -0.25) is 4.90 Å². The van der Waals surface area contributed by atoms with Gasteiger partial charge >= 0.3 is 0 Å². The highest BCUT2D eigenvalue weighted by atomic mass is 16.5. The zero-order chi connectivity index (χ0) is 10.9. The Morgan fingerprint density at radius 1 is 1.27 bits per heavy atom. The second-order valence-electron chi connectivity index (χ2n) is 5.41. The number of nitrogens with zero attached hydrogens (tertiary/aromatic N) is 2. The summed E-state index contributed by atoms with van der Waals surface area (Å²) < 4.78 is 5.87. The Labute approximate surface area is 93.4 Å². The van der Waals surface area contributed by atoms with Crippen LogP contribution >= 0.6 is 0 Å². The number of ether oxygens (including phenoxy) is 1. The second kappa shape index (κ2) is 4.40. The van der Waals surface area contributed by atoms with Crippen LogP contribution in [0.15, 0.2) is 0 Å². The molecule has 2 heterocycles. The van der Waals surface area contributed by atoms with E-state index < -0.39 is 0 Å². The van der Waals surface area contributed by atoms with E-state index in [-0.39, 0.29) is 0 Å². The molecule has 2 fully saturated rings. The summed E-state index contributed by atoms with van der Waals surface area (Å²) in [5.74, 6) is 0. The fourth-order valence-corrected chi connectivity index (χ4v) is 2.93. The predicted molar refractivity (Wildman–Crippen MR) is 62.1 cm³/mol. The number of hydrogen-bond acceptors (Lipinski definition) is 3. The quantitative estimate of drug-likeness (QED) is 0.699. The highest BCUT2D eigenvalue weighted by Gasteiger charge is 2.44. The maximum absolute atomic E-state index is 5.87. The molecule has 88 valence electrons. The van der Waals surface area contributed by atoms with Crippen molar-refractivity contribution in [1.82, 2.24) is 9.80 Å². The first-order chi connectivity index (χ1) is 7.12. The number of hydrogen-bond donors (Lipinski definition) is 0. The van der Waals surface area contributed by atoms with Crippen LogP contribution in [0.5, 0.6) is 0 Å². The molecule has 1 atom stereocenters. The molecule has 0 saturated carbocycles. The van der Waals surface area contributed by atoms with E-state index in [1.807, 2.05) is 0 Å². The van der Waals surface area contributed by atoms with Gasteiger partial charge in [-0.05, 0) is 40.3 Å². The Balaban J connectivity index is 2.00. The lowest BCUT2D eigenvalue weighted by molar-refractivity contribution is -0.0473. The monoisotopic (exact) mass is 212 g/mol. The number of rotatable bonds is 3. The Bertz CT molecular complexity index is 220. The van der Waals surface area contributed by atoms with Crippen molar-refractivity contribution >= 4 is 0 Å². The molecule has 2 aliphatic heterocycles. The molecule has 0 aromatic rings. The molecule has 0 bridgehead atoms. The van der Waals surface area contributed by atoms with Crippen molar-refractivity contribution in [3.63, 3.8) is 0 Å². The van der Waals surface area contributed by atoms with Crippen molar-refractivity contribution in [3.05, 3.63) is 0 Å². The minimum Gasteiger partial charge on any atom is -0.377 e. The summed E-state index contributed by atoms with van der Waals surface area (Å²) in [5.41, 5.74) is 0.331. The molecule has 3 nitrogen and oxygen atoms in total. The summed E-state index contributed by atoms with van der Waals surface area (Å²) >= 11 is 0. The first kappa shape index (κ1) is 11.4.